The fourth-order valence-corrected chi connectivity index (χ4v) is 2.35. The molecule has 0 aromatic heterocycles. The summed E-state index contributed by atoms with van der Waals surface area (Å²) in [7, 11) is -0.584. The maximum absolute atomic E-state index is 14.1. The van der Waals surface area contributed by atoms with Crippen LogP contribution in [0.25, 0.3) is 0 Å². The molecule has 0 amide bonds. The minimum absolute atomic E-state index is 0.150. The number of dihydropyridines is 1. The predicted molar refractivity (Wildman–Crippen MR) is 75.4 cm³/mol. The van der Waals surface area contributed by atoms with E-state index in [1.807, 2.05) is 27.7 Å². The van der Waals surface area contributed by atoms with Gasteiger partial charge in [0.2, 0.25) is 0 Å². The highest BCUT2D eigenvalue weighted by Crippen LogP contribution is 2.40. The van der Waals surface area contributed by atoms with Gasteiger partial charge in [-0.05, 0) is 46.6 Å². The smallest absolute Gasteiger partial charge is 0.402 e. The molecule has 0 N–H and O–H groups in total. The second-order valence-electron chi connectivity index (χ2n) is 6.72. The quantitative estimate of drug-likeness (QED) is 0.746. The number of halogens is 1. The second kappa shape index (κ2) is 4.65. The van der Waals surface area contributed by atoms with Gasteiger partial charge in [0.25, 0.3) is 0 Å². The van der Waals surface area contributed by atoms with Crippen LogP contribution in [0.15, 0.2) is 16.9 Å². The van der Waals surface area contributed by atoms with E-state index >= 15 is 0 Å². The van der Waals surface area contributed by atoms with Crippen molar-refractivity contribution in [3.05, 3.63) is 11.9 Å². The van der Waals surface area contributed by atoms with Crippen molar-refractivity contribution in [3.8, 4) is 0 Å². The van der Waals surface area contributed by atoms with E-state index in [0.29, 0.717) is 0 Å². The number of allylic oxidation sites excluding steroid dienone is 1. The average molecular weight is 281 g/mol. The summed E-state index contributed by atoms with van der Waals surface area (Å²) in [5.41, 5.74) is -0.899. The standard InChI is InChI=1S/C14H21BFNO3/c1-13(2)14(3,4)20-15(19-13)12-11(18-9-5-6-9)10(16)7-8-17-12/h7-9,11-12H,5-6H2,1-4H3. The van der Waals surface area contributed by atoms with E-state index in [9.17, 15) is 4.39 Å². The Balaban J connectivity index is 1.78. The van der Waals surface area contributed by atoms with Gasteiger partial charge in [-0.3, -0.25) is 4.99 Å². The van der Waals surface area contributed by atoms with E-state index in [-0.39, 0.29) is 11.9 Å². The molecule has 2 fully saturated rings. The molecule has 110 valence electrons. The van der Waals surface area contributed by atoms with Gasteiger partial charge >= 0.3 is 7.12 Å². The van der Waals surface area contributed by atoms with E-state index in [1.165, 1.54) is 12.3 Å². The van der Waals surface area contributed by atoms with E-state index in [0.717, 1.165) is 12.8 Å². The summed E-state index contributed by atoms with van der Waals surface area (Å²) < 4.78 is 31.8. The second-order valence-corrected chi connectivity index (χ2v) is 6.72. The Labute approximate surface area is 119 Å². The minimum atomic E-state index is -0.692. The number of hydrogen-bond acceptors (Lipinski definition) is 4. The molecular weight excluding hydrogens is 260 g/mol. The first-order valence-corrected chi connectivity index (χ1v) is 7.20. The van der Waals surface area contributed by atoms with Crippen LogP contribution in [0, 0.1) is 0 Å². The van der Waals surface area contributed by atoms with Gasteiger partial charge in [0, 0.05) is 6.21 Å². The molecule has 3 rings (SSSR count). The van der Waals surface area contributed by atoms with E-state index in [4.69, 9.17) is 14.0 Å². The van der Waals surface area contributed by atoms with Gasteiger partial charge in [0.1, 0.15) is 17.9 Å². The van der Waals surface area contributed by atoms with Gasteiger partial charge in [-0.25, -0.2) is 4.39 Å². The lowest BCUT2D eigenvalue weighted by Gasteiger charge is -2.32. The molecule has 2 unspecified atom stereocenters. The summed E-state index contributed by atoms with van der Waals surface area (Å²) >= 11 is 0. The molecule has 2 atom stereocenters. The molecule has 3 aliphatic rings. The zero-order chi connectivity index (χ0) is 14.5. The summed E-state index contributed by atoms with van der Waals surface area (Å²) in [5.74, 6) is -0.784. The summed E-state index contributed by atoms with van der Waals surface area (Å²) in [4.78, 5) is 4.34. The van der Waals surface area contributed by atoms with Crippen LogP contribution in [0.2, 0.25) is 0 Å². The Hall–Kier alpha value is -0.715. The number of ether oxygens (including phenoxy) is 1. The Bertz CT molecular complexity index is 443. The van der Waals surface area contributed by atoms with Gasteiger partial charge in [-0.2, -0.15) is 0 Å². The highest BCUT2D eigenvalue weighted by molar-refractivity contribution is 6.48. The zero-order valence-corrected chi connectivity index (χ0v) is 12.4. The van der Waals surface area contributed by atoms with Crippen LogP contribution in [-0.2, 0) is 14.0 Å². The number of aliphatic imine (C=N–C) groups is 1. The number of hydrogen-bond donors (Lipinski definition) is 0. The number of nitrogens with zero attached hydrogens (tertiary/aromatic N) is 1. The monoisotopic (exact) mass is 281 g/mol. The van der Waals surface area contributed by atoms with Crippen molar-refractivity contribution >= 4 is 13.3 Å². The maximum Gasteiger partial charge on any atom is 0.487 e. The fraction of sp³-hybridized carbons (Fsp3) is 0.786. The van der Waals surface area contributed by atoms with Crippen LogP contribution in [0.4, 0.5) is 4.39 Å². The van der Waals surface area contributed by atoms with Gasteiger partial charge in [0.05, 0.1) is 17.3 Å². The fourth-order valence-electron chi connectivity index (χ4n) is 2.35. The molecule has 20 heavy (non-hydrogen) atoms. The summed E-state index contributed by atoms with van der Waals surface area (Å²) in [5, 5.41) is 0. The van der Waals surface area contributed by atoms with Crippen LogP contribution in [-0.4, -0.2) is 42.7 Å². The molecule has 2 aliphatic heterocycles. The minimum Gasteiger partial charge on any atom is -0.402 e. The van der Waals surface area contributed by atoms with Crippen molar-refractivity contribution in [2.75, 3.05) is 0 Å². The van der Waals surface area contributed by atoms with Crippen LogP contribution >= 0.6 is 0 Å². The molecule has 6 heteroatoms. The molecular formula is C14H21BFNO3. The maximum atomic E-state index is 14.1. The Morgan fingerprint density at radius 1 is 1.25 bits per heavy atom. The van der Waals surface area contributed by atoms with Gasteiger partial charge in [0.15, 0.2) is 0 Å². The Kier molecular flexibility index (Phi) is 3.31. The highest BCUT2D eigenvalue weighted by Gasteiger charge is 2.56. The molecule has 1 saturated heterocycles. The average Bonchev–Trinajstić information content (AvgIpc) is 3.10. The lowest BCUT2D eigenvalue weighted by atomic mass is 9.74. The molecule has 2 heterocycles. The molecule has 1 saturated carbocycles. The zero-order valence-electron chi connectivity index (χ0n) is 12.4. The first-order chi connectivity index (χ1) is 9.30. The summed E-state index contributed by atoms with van der Waals surface area (Å²) in [6.07, 6.45) is 4.26. The molecule has 4 nitrogen and oxygen atoms in total. The van der Waals surface area contributed by atoms with Crippen molar-refractivity contribution in [1.29, 1.82) is 0 Å². The Morgan fingerprint density at radius 3 is 2.40 bits per heavy atom. The van der Waals surface area contributed by atoms with Crippen molar-refractivity contribution in [1.82, 2.24) is 0 Å². The van der Waals surface area contributed by atoms with Crippen LogP contribution in [0.5, 0.6) is 0 Å². The van der Waals surface area contributed by atoms with E-state index in [2.05, 4.69) is 4.99 Å². The number of rotatable bonds is 3. The summed E-state index contributed by atoms with van der Waals surface area (Å²) in [6.45, 7) is 7.90. The third kappa shape index (κ3) is 2.45. The van der Waals surface area contributed by atoms with Crippen molar-refractivity contribution in [2.24, 2.45) is 4.99 Å². The van der Waals surface area contributed by atoms with Gasteiger partial charge in [-0.1, -0.05) is 0 Å². The van der Waals surface area contributed by atoms with Crippen molar-refractivity contribution < 1.29 is 18.4 Å². The SMILES string of the molecule is CC1(C)OB(C2N=CC=C(F)C2OC2CC2)OC1(C)C. The Morgan fingerprint density at radius 2 is 1.85 bits per heavy atom. The first-order valence-electron chi connectivity index (χ1n) is 7.20. The normalized spacial score (nSPS) is 35.2. The molecule has 1 aliphatic carbocycles. The third-order valence-corrected chi connectivity index (χ3v) is 4.49. The van der Waals surface area contributed by atoms with Crippen LogP contribution in [0.3, 0.4) is 0 Å². The largest absolute Gasteiger partial charge is 0.487 e. The van der Waals surface area contributed by atoms with E-state index < -0.39 is 30.4 Å². The lowest BCUT2D eigenvalue weighted by Crippen LogP contribution is -2.45. The molecule has 0 bridgehead atoms. The van der Waals surface area contributed by atoms with Crippen molar-refractivity contribution in [2.45, 2.75) is 69.9 Å². The first kappa shape index (κ1) is 14.2. The highest BCUT2D eigenvalue weighted by atomic mass is 19.1. The molecule has 0 spiro atoms. The van der Waals surface area contributed by atoms with Crippen LogP contribution < -0.4 is 0 Å². The molecule has 0 radical (unpaired) electrons. The van der Waals surface area contributed by atoms with E-state index in [1.54, 1.807) is 0 Å². The molecule has 0 aromatic rings. The van der Waals surface area contributed by atoms with Gasteiger partial charge < -0.3 is 14.0 Å². The molecule has 0 aromatic carbocycles. The third-order valence-electron chi connectivity index (χ3n) is 4.49. The van der Waals surface area contributed by atoms with Crippen molar-refractivity contribution in [3.63, 3.8) is 0 Å². The topological polar surface area (TPSA) is 40.0 Å². The summed E-state index contributed by atoms with van der Waals surface area (Å²) in [6, 6.07) is 0. The van der Waals surface area contributed by atoms with Crippen LogP contribution in [0.1, 0.15) is 40.5 Å². The lowest BCUT2D eigenvalue weighted by molar-refractivity contribution is 0.00578. The van der Waals surface area contributed by atoms with Gasteiger partial charge in [-0.15, -0.1) is 0 Å². The predicted octanol–water partition coefficient (Wildman–Crippen LogP) is 2.47.